The summed E-state index contributed by atoms with van der Waals surface area (Å²) in [6.45, 7) is 2.89. The fourth-order valence-electron chi connectivity index (χ4n) is 1.34. The molecule has 0 saturated heterocycles. The smallest absolute Gasteiger partial charge is 0.307 e. The van der Waals surface area contributed by atoms with Crippen LogP contribution in [0, 0.1) is 17.7 Å². The lowest BCUT2D eigenvalue weighted by atomic mass is 9.95. The van der Waals surface area contributed by atoms with Crippen LogP contribution in [-0.2, 0) is 9.59 Å². The fourth-order valence-corrected chi connectivity index (χ4v) is 1.89. The van der Waals surface area contributed by atoms with Gasteiger partial charge in [0.25, 0.3) is 0 Å². The Bertz CT molecular complexity index is 499. The summed E-state index contributed by atoms with van der Waals surface area (Å²) in [5, 5.41) is 11.1. The number of halogens is 3. The predicted molar refractivity (Wildman–Crippen MR) is 71.0 cm³/mol. The summed E-state index contributed by atoms with van der Waals surface area (Å²) < 4.78 is 13.0. The number of hydrogen-bond acceptors (Lipinski definition) is 2. The Kier molecular flexibility index (Phi) is 5.14. The van der Waals surface area contributed by atoms with Gasteiger partial charge in [0.1, 0.15) is 5.82 Å². The second-order valence-electron chi connectivity index (χ2n) is 4.15. The van der Waals surface area contributed by atoms with Gasteiger partial charge >= 0.3 is 5.97 Å². The minimum atomic E-state index is -1.08. The number of nitrogens with one attached hydrogen (secondary N) is 1. The van der Waals surface area contributed by atoms with E-state index in [9.17, 15) is 14.0 Å². The maximum absolute atomic E-state index is 13.0. The van der Waals surface area contributed by atoms with E-state index < -0.39 is 29.5 Å². The lowest BCUT2D eigenvalue weighted by molar-refractivity contribution is -0.145. The summed E-state index contributed by atoms with van der Waals surface area (Å²) in [6, 6.07) is 2.02. The summed E-state index contributed by atoms with van der Waals surface area (Å²) in [6.07, 6.45) is 0. The van der Waals surface area contributed by atoms with Crippen LogP contribution in [0.25, 0.3) is 0 Å². The van der Waals surface area contributed by atoms with Crippen molar-refractivity contribution in [3.63, 3.8) is 0 Å². The molecule has 0 aliphatic rings. The number of carboxylic acids is 1. The third-order valence-corrected chi connectivity index (χ3v) is 3.40. The van der Waals surface area contributed by atoms with Gasteiger partial charge in [-0.2, -0.15) is 0 Å². The maximum atomic E-state index is 13.0. The Labute approximate surface area is 119 Å². The number of carbonyl (C=O) groups is 2. The fraction of sp³-hybridized carbons (Fsp3) is 0.333. The van der Waals surface area contributed by atoms with Crippen LogP contribution in [0.2, 0.25) is 10.0 Å². The summed E-state index contributed by atoms with van der Waals surface area (Å²) in [5.41, 5.74) is 0.0687. The first-order chi connectivity index (χ1) is 8.73. The lowest BCUT2D eigenvalue weighted by Crippen LogP contribution is -2.30. The van der Waals surface area contributed by atoms with Crippen LogP contribution in [0.5, 0.6) is 0 Å². The number of benzene rings is 1. The molecule has 0 heterocycles. The largest absolute Gasteiger partial charge is 0.481 e. The molecule has 0 aromatic heterocycles. The number of rotatable bonds is 4. The Hall–Kier alpha value is -1.33. The molecule has 0 spiro atoms. The Balaban J connectivity index is 2.92. The number of hydrogen-bond donors (Lipinski definition) is 2. The molecule has 0 saturated carbocycles. The SMILES string of the molecule is CC(C(=O)O)C(C)C(=O)Nc1c(Cl)cc(F)cc1Cl. The van der Waals surface area contributed by atoms with Gasteiger partial charge in [-0.3, -0.25) is 9.59 Å². The molecule has 0 fully saturated rings. The molecule has 1 aromatic carbocycles. The average molecular weight is 308 g/mol. The molecule has 0 aliphatic carbocycles. The molecular weight excluding hydrogens is 296 g/mol. The van der Waals surface area contributed by atoms with Crippen LogP contribution in [0.15, 0.2) is 12.1 Å². The van der Waals surface area contributed by atoms with Crippen LogP contribution in [0.3, 0.4) is 0 Å². The first kappa shape index (κ1) is 15.7. The third kappa shape index (κ3) is 3.81. The monoisotopic (exact) mass is 307 g/mol. The summed E-state index contributed by atoms with van der Waals surface area (Å²) in [4.78, 5) is 22.7. The van der Waals surface area contributed by atoms with Crippen molar-refractivity contribution >= 4 is 40.8 Å². The predicted octanol–water partition coefficient (Wildman–Crippen LogP) is 3.43. The van der Waals surface area contributed by atoms with E-state index in [1.807, 2.05) is 0 Å². The van der Waals surface area contributed by atoms with Gasteiger partial charge in [0, 0.05) is 5.92 Å². The highest BCUT2D eigenvalue weighted by molar-refractivity contribution is 6.39. The Morgan fingerprint density at radius 2 is 1.68 bits per heavy atom. The second kappa shape index (κ2) is 6.21. The average Bonchev–Trinajstić information content (AvgIpc) is 2.31. The van der Waals surface area contributed by atoms with Crippen molar-refractivity contribution < 1.29 is 19.1 Å². The van der Waals surface area contributed by atoms with E-state index in [0.29, 0.717) is 0 Å². The van der Waals surface area contributed by atoms with Gasteiger partial charge in [-0.1, -0.05) is 37.0 Å². The molecule has 1 rings (SSSR count). The van der Waals surface area contributed by atoms with E-state index in [2.05, 4.69) is 5.32 Å². The molecular formula is C12H12Cl2FNO3. The zero-order valence-corrected chi connectivity index (χ0v) is 11.7. The van der Waals surface area contributed by atoms with Gasteiger partial charge < -0.3 is 10.4 Å². The van der Waals surface area contributed by atoms with Crippen molar-refractivity contribution in [1.82, 2.24) is 0 Å². The zero-order valence-electron chi connectivity index (χ0n) is 10.2. The lowest BCUT2D eigenvalue weighted by Gasteiger charge is -2.17. The van der Waals surface area contributed by atoms with E-state index in [1.54, 1.807) is 0 Å². The summed E-state index contributed by atoms with van der Waals surface area (Å²) in [7, 11) is 0. The van der Waals surface area contributed by atoms with Crippen LogP contribution >= 0.6 is 23.2 Å². The molecule has 2 atom stereocenters. The third-order valence-electron chi connectivity index (χ3n) is 2.81. The zero-order chi connectivity index (χ0) is 14.7. The highest BCUT2D eigenvalue weighted by Gasteiger charge is 2.26. The number of aliphatic carboxylic acids is 1. The van der Waals surface area contributed by atoms with Crippen LogP contribution in [0.1, 0.15) is 13.8 Å². The maximum Gasteiger partial charge on any atom is 0.307 e. The van der Waals surface area contributed by atoms with Gasteiger partial charge in [-0.25, -0.2) is 4.39 Å². The molecule has 4 nitrogen and oxygen atoms in total. The van der Waals surface area contributed by atoms with Crippen molar-refractivity contribution in [1.29, 1.82) is 0 Å². The van der Waals surface area contributed by atoms with Gasteiger partial charge in [-0.05, 0) is 12.1 Å². The topological polar surface area (TPSA) is 66.4 Å². The van der Waals surface area contributed by atoms with Gasteiger partial charge in [0.2, 0.25) is 5.91 Å². The molecule has 0 aliphatic heterocycles. The van der Waals surface area contributed by atoms with E-state index in [-0.39, 0.29) is 15.7 Å². The van der Waals surface area contributed by atoms with Gasteiger partial charge in [-0.15, -0.1) is 0 Å². The minimum Gasteiger partial charge on any atom is -0.481 e. The van der Waals surface area contributed by atoms with Crippen molar-refractivity contribution in [2.24, 2.45) is 11.8 Å². The van der Waals surface area contributed by atoms with Crippen LogP contribution in [0.4, 0.5) is 10.1 Å². The molecule has 2 N–H and O–H groups in total. The first-order valence-corrected chi connectivity index (χ1v) is 6.17. The first-order valence-electron chi connectivity index (χ1n) is 5.42. The van der Waals surface area contributed by atoms with E-state index in [0.717, 1.165) is 12.1 Å². The second-order valence-corrected chi connectivity index (χ2v) is 4.96. The number of amides is 1. The molecule has 1 aromatic rings. The molecule has 19 heavy (non-hydrogen) atoms. The van der Waals surface area contributed by atoms with E-state index in [1.165, 1.54) is 13.8 Å². The van der Waals surface area contributed by atoms with Crippen molar-refractivity contribution in [2.45, 2.75) is 13.8 Å². The number of carbonyl (C=O) groups excluding carboxylic acids is 1. The Morgan fingerprint density at radius 1 is 1.21 bits per heavy atom. The number of carboxylic acid groups (broad SMARTS) is 1. The minimum absolute atomic E-state index is 0.0477. The van der Waals surface area contributed by atoms with Gasteiger partial charge in [0.05, 0.1) is 21.7 Å². The summed E-state index contributed by atoms with van der Waals surface area (Å²) in [5.74, 6) is -3.91. The molecule has 0 bridgehead atoms. The molecule has 7 heteroatoms. The Morgan fingerprint density at radius 3 is 2.11 bits per heavy atom. The highest BCUT2D eigenvalue weighted by atomic mass is 35.5. The van der Waals surface area contributed by atoms with Crippen molar-refractivity contribution in [3.05, 3.63) is 28.0 Å². The highest BCUT2D eigenvalue weighted by Crippen LogP contribution is 2.32. The standard InChI is InChI=1S/C12H12Cl2FNO3/c1-5(6(2)12(18)19)11(17)16-10-8(13)3-7(15)4-9(10)14/h3-6H,1-2H3,(H,16,17)(H,18,19). The van der Waals surface area contributed by atoms with Crippen LogP contribution in [-0.4, -0.2) is 17.0 Å². The van der Waals surface area contributed by atoms with E-state index >= 15 is 0 Å². The number of anilines is 1. The van der Waals surface area contributed by atoms with Crippen LogP contribution < -0.4 is 5.32 Å². The molecule has 2 unspecified atom stereocenters. The van der Waals surface area contributed by atoms with E-state index in [4.69, 9.17) is 28.3 Å². The normalized spacial score (nSPS) is 13.7. The quantitative estimate of drug-likeness (QED) is 0.895. The summed E-state index contributed by atoms with van der Waals surface area (Å²) >= 11 is 11.5. The molecule has 104 valence electrons. The van der Waals surface area contributed by atoms with Crippen molar-refractivity contribution in [2.75, 3.05) is 5.32 Å². The van der Waals surface area contributed by atoms with Gasteiger partial charge in [0.15, 0.2) is 0 Å². The molecule has 1 amide bonds. The molecule has 0 radical (unpaired) electrons. The van der Waals surface area contributed by atoms with Crippen molar-refractivity contribution in [3.8, 4) is 0 Å².